The maximum atomic E-state index is 11.5. The Bertz CT molecular complexity index is 422. The molecule has 0 saturated carbocycles. The second kappa shape index (κ2) is 5.85. The van der Waals surface area contributed by atoms with Crippen LogP contribution in [0.5, 0.6) is 0 Å². The molecular weight excluding hydrogens is 238 g/mol. The van der Waals surface area contributed by atoms with Crippen molar-refractivity contribution >= 4 is 17.9 Å². The Labute approximate surface area is 105 Å². The van der Waals surface area contributed by atoms with Crippen molar-refractivity contribution in [2.45, 2.75) is 13.0 Å². The first-order valence-corrected chi connectivity index (χ1v) is 5.25. The third-order valence-corrected chi connectivity index (χ3v) is 2.13. The Morgan fingerprint density at radius 3 is 2.50 bits per heavy atom. The molecule has 0 radical (unpaired) electrons. The maximum absolute atomic E-state index is 11.5. The molecule has 0 aliphatic carbocycles. The molecule has 1 atom stereocenters. The Kier molecular flexibility index (Phi) is 4.47. The number of carbonyl (C=O) groups is 2. The zero-order valence-electron chi connectivity index (χ0n) is 10.4. The minimum Gasteiger partial charge on any atom is -0.480 e. The quantitative estimate of drug-likeness (QED) is 0.805. The second-order valence-electron chi connectivity index (χ2n) is 3.78. The van der Waals surface area contributed by atoms with Crippen LogP contribution in [0.25, 0.3) is 0 Å². The van der Waals surface area contributed by atoms with Gasteiger partial charge in [0.15, 0.2) is 11.9 Å². The lowest BCUT2D eigenvalue weighted by Gasteiger charge is -2.26. The number of aliphatic carboxylic acids is 1. The summed E-state index contributed by atoms with van der Waals surface area (Å²) in [7, 11) is 3.01. The van der Waals surface area contributed by atoms with Crippen molar-refractivity contribution in [1.82, 2.24) is 9.88 Å². The van der Waals surface area contributed by atoms with Crippen molar-refractivity contribution in [3.05, 3.63) is 24.4 Å². The summed E-state index contributed by atoms with van der Waals surface area (Å²) >= 11 is 0. The molecule has 1 heterocycles. The fourth-order valence-corrected chi connectivity index (χ4v) is 1.07. The maximum Gasteiger partial charge on any atom is 0.433 e. The lowest BCUT2D eigenvalue weighted by molar-refractivity contribution is -0.139. The predicted molar refractivity (Wildman–Crippen MR) is 64.0 cm³/mol. The Morgan fingerprint density at radius 1 is 1.39 bits per heavy atom. The average molecular weight is 253 g/mol. The summed E-state index contributed by atoms with van der Waals surface area (Å²) in [6.07, 6.45) is 0.814. The number of hydroxylamine groups is 1. The average Bonchev–Trinajstić information content (AvgIpc) is 2.35. The first-order chi connectivity index (χ1) is 8.43. The first-order valence-electron chi connectivity index (χ1n) is 5.25. The molecule has 7 heteroatoms. The van der Waals surface area contributed by atoms with Crippen LogP contribution in [0.2, 0.25) is 0 Å². The van der Waals surface area contributed by atoms with Crippen molar-refractivity contribution in [2.24, 2.45) is 0 Å². The number of hydrogen-bond donors (Lipinski definition) is 1. The van der Waals surface area contributed by atoms with E-state index in [9.17, 15) is 9.59 Å². The standard InChI is InChI=1S/C11H15N3O4/c1-8(10(15)16)14(18-11(17)13(2)3)9-6-4-5-7-12-9/h4-8H,1-3H3,(H,15,16)/t8-/m0/s1. The van der Waals surface area contributed by atoms with E-state index in [-0.39, 0.29) is 5.82 Å². The van der Waals surface area contributed by atoms with Crippen LogP contribution >= 0.6 is 0 Å². The van der Waals surface area contributed by atoms with Gasteiger partial charge < -0.3 is 14.8 Å². The molecule has 18 heavy (non-hydrogen) atoms. The van der Waals surface area contributed by atoms with Gasteiger partial charge in [-0.05, 0) is 19.1 Å². The van der Waals surface area contributed by atoms with Crippen LogP contribution in [0.15, 0.2) is 24.4 Å². The van der Waals surface area contributed by atoms with Crippen LogP contribution in [0.1, 0.15) is 6.92 Å². The van der Waals surface area contributed by atoms with E-state index in [1.807, 2.05) is 0 Å². The van der Waals surface area contributed by atoms with E-state index in [0.29, 0.717) is 0 Å². The van der Waals surface area contributed by atoms with E-state index in [1.165, 1.54) is 32.1 Å². The molecule has 0 fully saturated rings. The van der Waals surface area contributed by atoms with Crippen molar-refractivity contribution in [2.75, 3.05) is 19.2 Å². The van der Waals surface area contributed by atoms with Crippen LogP contribution in [0, 0.1) is 0 Å². The highest BCUT2D eigenvalue weighted by Crippen LogP contribution is 2.14. The number of aromatic nitrogens is 1. The number of rotatable bonds is 4. The number of carboxylic acid groups (broad SMARTS) is 1. The summed E-state index contributed by atoms with van der Waals surface area (Å²) in [5, 5.41) is 9.95. The number of amides is 1. The number of carboxylic acids is 1. The highest BCUT2D eigenvalue weighted by Gasteiger charge is 2.26. The summed E-state index contributed by atoms with van der Waals surface area (Å²) < 4.78 is 0. The van der Waals surface area contributed by atoms with Crippen LogP contribution in [-0.4, -0.2) is 47.2 Å². The van der Waals surface area contributed by atoms with Crippen molar-refractivity contribution < 1.29 is 19.5 Å². The smallest absolute Gasteiger partial charge is 0.433 e. The van der Waals surface area contributed by atoms with Crippen molar-refractivity contribution in [3.8, 4) is 0 Å². The molecule has 0 aromatic carbocycles. The van der Waals surface area contributed by atoms with Crippen LogP contribution < -0.4 is 5.06 Å². The minimum absolute atomic E-state index is 0.252. The van der Waals surface area contributed by atoms with Gasteiger partial charge in [0, 0.05) is 20.3 Å². The topological polar surface area (TPSA) is 83.0 Å². The SMILES string of the molecule is C[C@@H](C(=O)O)N(OC(=O)N(C)C)c1ccccn1. The fraction of sp³-hybridized carbons (Fsp3) is 0.364. The van der Waals surface area contributed by atoms with E-state index in [2.05, 4.69) is 4.98 Å². The molecule has 0 unspecified atom stereocenters. The number of anilines is 1. The lowest BCUT2D eigenvalue weighted by atomic mass is 10.3. The highest BCUT2D eigenvalue weighted by molar-refractivity contribution is 5.78. The molecule has 1 rings (SSSR count). The molecule has 0 aliphatic heterocycles. The highest BCUT2D eigenvalue weighted by atomic mass is 16.7. The van der Waals surface area contributed by atoms with E-state index < -0.39 is 18.1 Å². The number of hydrogen-bond acceptors (Lipinski definition) is 5. The van der Waals surface area contributed by atoms with E-state index >= 15 is 0 Å². The molecule has 1 amide bonds. The van der Waals surface area contributed by atoms with Gasteiger partial charge in [0.2, 0.25) is 0 Å². The Hall–Kier alpha value is -2.31. The molecule has 7 nitrogen and oxygen atoms in total. The number of carbonyl (C=O) groups excluding carboxylic acids is 1. The molecule has 0 saturated heterocycles. The van der Waals surface area contributed by atoms with Gasteiger partial charge in [-0.3, -0.25) is 0 Å². The third-order valence-electron chi connectivity index (χ3n) is 2.13. The molecule has 1 N–H and O–H groups in total. The van der Waals surface area contributed by atoms with E-state index in [0.717, 1.165) is 5.06 Å². The predicted octanol–water partition coefficient (Wildman–Crippen LogP) is 0.974. The largest absolute Gasteiger partial charge is 0.480 e. The van der Waals surface area contributed by atoms with Crippen LogP contribution in [0.3, 0.4) is 0 Å². The minimum atomic E-state index is -1.12. The van der Waals surface area contributed by atoms with Crippen molar-refractivity contribution in [3.63, 3.8) is 0 Å². The van der Waals surface area contributed by atoms with Gasteiger partial charge >= 0.3 is 12.1 Å². The second-order valence-corrected chi connectivity index (χ2v) is 3.78. The molecule has 0 aliphatic rings. The van der Waals surface area contributed by atoms with E-state index in [4.69, 9.17) is 9.94 Å². The summed E-state index contributed by atoms with van der Waals surface area (Å²) in [4.78, 5) is 32.6. The monoisotopic (exact) mass is 253 g/mol. The number of nitrogens with zero attached hydrogens (tertiary/aromatic N) is 3. The van der Waals surface area contributed by atoms with E-state index in [1.54, 1.807) is 18.2 Å². The lowest BCUT2D eigenvalue weighted by Crippen LogP contribution is -2.43. The fourth-order valence-electron chi connectivity index (χ4n) is 1.07. The molecule has 0 bridgehead atoms. The van der Waals surface area contributed by atoms with Gasteiger partial charge in [-0.25, -0.2) is 14.6 Å². The van der Waals surface area contributed by atoms with Crippen molar-refractivity contribution in [1.29, 1.82) is 0 Å². The zero-order chi connectivity index (χ0) is 13.7. The summed E-state index contributed by atoms with van der Waals surface area (Å²) in [5.74, 6) is -0.866. The first kappa shape index (κ1) is 13.8. The molecule has 1 aromatic rings. The van der Waals surface area contributed by atoms with Crippen LogP contribution in [-0.2, 0) is 9.63 Å². The van der Waals surface area contributed by atoms with Crippen LogP contribution in [0.4, 0.5) is 10.6 Å². The third kappa shape index (κ3) is 3.34. The van der Waals surface area contributed by atoms with Gasteiger partial charge in [0.05, 0.1) is 0 Å². The molecule has 98 valence electrons. The summed E-state index contributed by atoms with van der Waals surface area (Å²) in [5.41, 5.74) is 0. The summed E-state index contributed by atoms with van der Waals surface area (Å²) in [6.45, 7) is 1.40. The van der Waals surface area contributed by atoms with Gasteiger partial charge in [-0.1, -0.05) is 6.07 Å². The molecule has 1 aromatic heterocycles. The van der Waals surface area contributed by atoms with Gasteiger partial charge in [-0.2, -0.15) is 5.06 Å². The molecular formula is C11H15N3O4. The normalized spacial score (nSPS) is 11.5. The zero-order valence-corrected chi connectivity index (χ0v) is 10.4. The van der Waals surface area contributed by atoms with Gasteiger partial charge in [0.25, 0.3) is 0 Å². The summed E-state index contributed by atoms with van der Waals surface area (Å²) in [6, 6.07) is 3.88. The van der Waals surface area contributed by atoms with Gasteiger partial charge in [0.1, 0.15) is 0 Å². The van der Waals surface area contributed by atoms with Gasteiger partial charge in [-0.15, -0.1) is 0 Å². The molecule has 0 spiro atoms. The number of pyridine rings is 1. The Morgan fingerprint density at radius 2 is 2.06 bits per heavy atom. The Balaban J connectivity index is 2.96.